The third kappa shape index (κ3) is 2.54. The second kappa shape index (κ2) is 5.59. The first-order chi connectivity index (χ1) is 10.3. The number of aromatic nitrogens is 1. The molecular formula is C17H11FN2O. The smallest absolute Gasteiger partial charge is 0.144 e. The van der Waals surface area contributed by atoms with Crippen molar-refractivity contribution in [2.75, 3.05) is 0 Å². The molecule has 0 bridgehead atoms. The Bertz CT molecular complexity index is 834. The number of pyridine rings is 1. The highest BCUT2D eigenvalue weighted by Gasteiger charge is 2.09. The van der Waals surface area contributed by atoms with E-state index in [1.54, 1.807) is 12.3 Å². The number of nitrogens with zero attached hydrogens (tertiary/aromatic N) is 2. The molecule has 0 spiro atoms. The van der Waals surface area contributed by atoms with E-state index in [1.165, 1.54) is 12.1 Å². The van der Waals surface area contributed by atoms with Crippen LogP contribution in [-0.4, -0.2) is 4.98 Å². The van der Waals surface area contributed by atoms with Crippen LogP contribution in [0, 0.1) is 17.1 Å². The Labute approximate surface area is 121 Å². The number of para-hydroxylation sites is 1. The molecule has 3 nitrogen and oxygen atoms in total. The van der Waals surface area contributed by atoms with E-state index in [0.29, 0.717) is 0 Å². The molecule has 1 aromatic heterocycles. The second-order valence-corrected chi connectivity index (χ2v) is 4.50. The quantitative estimate of drug-likeness (QED) is 0.731. The van der Waals surface area contributed by atoms with E-state index in [1.807, 2.05) is 36.4 Å². The summed E-state index contributed by atoms with van der Waals surface area (Å²) in [4.78, 5) is 4.28. The largest absolute Gasteiger partial charge is 0.487 e. The van der Waals surface area contributed by atoms with Gasteiger partial charge in [-0.25, -0.2) is 4.39 Å². The molecule has 0 atom stereocenters. The zero-order valence-electron chi connectivity index (χ0n) is 11.1. The summed E-state index contributed by atoms with van der Waals surface area (Å²) in [6.45, 7) is 0.251. The maximum absolute atomic E-state index is 13.5. The van der Waals surface area contributed by atoms with Gasteiger partial charge < -0.3 is 4.74 Å². The molecule has 0 fully saturated rings. The molecule has 3 aromatic rings. The Hall–Kier alpha value is -2.93. The third-order valence-electron chi connectivity index (χ3n) is 3.21. The van der Waals surface area contributed by atoms with E-state index < -0.39 is 5.82 Å². The van der Waals surface area contributed by atoms with Gasteiger partial charge in [0.2, 0.25) is 0 Å². The molecule has 0 unspecified atom stereocenters. The number of ether oxygens (including phenoxy) is 1. The Morgan fingerprint density at radius 2 is 1.95 bits per heavy atom. The molecule has 4 heteroatoms. The number of nitriles is 1. The van der Waals surface area contributed by atoms with Crippen LogP contribution in [0.25, 0.3) is 10.9 Å². The number of benzene rings is 2. The fourth-order valence-electron chi connectivity index (χ4n) is 2.17. The summed E-state index contributed by atoms with van der Waals surface area (Å²) >= 11 is 0. The maximum Gasteiger partial charge on any atom is 0.144 e. The van der Waals surface area contributed by atoms with Crippen LogP contribution in [0.15, 0.2) is 54.7 Å². The lowest BCUT2D eigenvalue weighted by Crippen LogP contribution is -2.00. The van der Waals surface area contributed by atoms with Gasteiger partial charge in [-0.1, -0.05) is 24.3 Å². The van der Waals surface area contributed by atoms with E-state index in [4.69, 9.17) is 10.00 Å². The van der Waals surface area contributed by atoms with Crippen molar-refractivity contribution < 1.29 is 9.13 Å². The molecule has 0 aliphatic carbocycles. The number of fused-ring (bicyclic) bond motifs is 1. The van der Waals surface area contributed by atoms with Crippen LogP contribution in [0.4, 0.5) is 4.39 Å². The topological polar surface area (TPSA) is 45.9 Å². The highest BCUT2D eigenvalue weighted by molar-refractivity contribution is 5.81. The molecule has 0 aliphatic heterocycles. The molecule has 0 saturated carbocycles. The lowest BCUT2D eigenvalue weighted by atomic mass is 10.1. The zero-order valence-corrected chi connectivity index (χ0v) is 11.1. The zero-order chi connectivity index (χ0) is 14.7. The van der Waals surface area contributed by atoms with E-state index in [-0.39, 0.29) is 17.9 Å². The minimum atomic E-state index is -0.574. The minimum absolute atomic E-state index is 0.0733. The van der Waals surface area contributed by atoms with E-state index in [9.17, 15) is 4.39 Å². The van der Waals surface area contributed by atoms with Crippen LogP contribution in [0.1, 0.15) is 11.1 Å². The highest BCUT2D eigenvalue weighted by atomic mass is 19.1. The summed E-state index contributed by atoms with van der Waals surface area (Å²) in [7, 11) is 0. The van der Waals surface area contributed by atoms with Crippen molar-refractivity contribution in [1.82, 2.24) is 4.98 Å². The highest BCUT2D eigenvalue weighted by Crippen LogP contribution is 2.23. The Balaban J connectivity index is 1.91. The lowest BCUT2D eigenvalue weighted by molar-refractivity contribution is 0.305. The van der Waals surface area contributed by atoms with Gasteiger partial charge in [0.1, 0.15) is 29.8 Å². The number of rotatable bonds is 3. The van der Waals surface area contributed by atoms with Crippen molar-refractivity contribution in [3.8, 4) is 11.8 Å². The number of hydrogen-bond donors (Lipinski definition) is 0. The van der Waals surface area contributed by atoms with Crippen LogP contribution in [-0.2, 0) is 6.61 Å². The maximum atomic E-state index is 13.5. The van der Waals surface area contributed by atoms with E-state index >= 15 is 0 Å². The Morgan fingerprint density at radius 3 is 2.81 bits per heavy atom. The molecule has 0 saturated heterocycles. The van der Waals surface area contributed by atoms with Crippen molar-refractivity contribution in [1.29, 1.82) is 5.26 Å². The predicted molar refractivity (Wildman–Crippen MR) is 77.2 cm³/mol. The third-order valence-corrected chi connectivity index (χ3v) is 3.21. The van der Waals surface area contributed by atoms with Gasteiger partial charge in [-0.2, -0.15) is 5.26 Å². The van der Waals surface area contributed by atoms with Crippen molar-refractivity contribution in [2.45, 2.75) is 6.61 Å². The standard InChI is InChI=1S/C17H11FN2O/c18-15-5-3-7-17(14(15)10-19)21-11-12-8-9-20-16-6-2-1-4-13(12)16/h1-9H,11H2. The van der Waals surface area contributed by atoms with Crippen molar-refractivity contribution in [3.63, 3.8) is 0 Å². The van der Waals surface area contributed by atoms with Gasteiger partial charge in [-0.15, -0.1) is 0 Å². The first kappa shape index (κ1) is 13.1. The van der Waals surface area contributed by atoms with E-state index in [2.05, 4.69) is 4.98 Å². The fourth-order valence-corrected chi connectivity index (χ4v) is 2.17. The van der Waals surface area contributed by atoms with E-state index in [0.717, 1.165) is 16.5 Å². The molecule has 0 amide bonds. The normalized spacial score (nSPS) is 10.3. The lowest BCUT2D eigenvalue weighted by Gasteiger charge is -2.10. The van der Waals surface area contributed by atoms with Gasteiger partial charge in [0, 0.05) is 17.1 Å². The molecule has 3 rings (SSSR count). The van der Waals surface area contributed by atoms with Crippen molar-refractivity contribution >= 4 is 10.9 Å². The monoisotopic (exact) mass is 278 g/mol. The predicted octanol–water partition coefficient (Wildman–Crippen LogP) is 3.82. The molecule has 0 aliphatic rings. The molecule has 1 heterocycles. The molecule has 2 aromatic carbocycles. The van der Waals surface area contributed by atoms with Crippen LogP contribution >= 0.6 is 0 Å². The first-order valence-electron chi connectivity index (χ1n) is 6.43. The summed E-state index contributed by atoms with van der Waals surface area (Å²) < 4.78 is 19.1. The summed E-state index contributed by atoms with van der Waals surface area (Å²) in [6.07, 6.45) is 1.71. The average molecular weight is 278 g/mol. The number of halogens is 1. The molecule has 0 radical (unpaired) electrons. The van der Waals surface area contributed by atoms with Crippen LogP contribution < -0.4 is 4.74 Å². The van der Waals surface area contributed by atoms with Crippen molar-refractivity contribution in [2.24, 2.45) is 0 Å². The van der Waals surface area contributed by atoms with Crippen LogP contribution in [0.5, 0.6) is 5.75 Å². The summed E-state index contributed by atoms with van der Waals surface area (Å²) in [5.74, 6) is -0.326. The summed E-state index contributed by atoms with van der Waals surface area (Å²) in [5, 5.41) is 9.97. The molecule has 21 heavy (non-hydrogen) atoms. The summed E-state index contributed by atoms with van der Waals surface area (Å²) in [5.41, 5.74) is 1.74. The van der Waals surface area contributed by atoms with Gasteiger partial charge in [0.05, 0.1) is 5.52 Å². The van der Waals surface area contributed by atoms with Gasteiger partial charge in [0.15, 0.2) is 0 Å². The fraction of sp³-hybridized carbons (Fsp3) is 0.0588. The minimum Gasteiger partial charge on any atom is -0.487 e. The molecular weight excluding hydrogens is 267 g/mol. The van der Waals surface area contributed by atoms with Gasteiger partial charge >= 0.3 is 0 Å². The first-order valence-corrected chi connectivity index (χ1v) is 6.43. The van der Waals surface area contributed by atoms with Gasteiger partial charge in [0.25, 0.3) is 0 Å². The second-order valence-electron chi connectivity index (χ2n) is 4.50. The number of hydrogen-bond acceptors (Lipinski definition) is 3. The van der Waals surface area contributed by atoms with Crippen molar-refractivity contribution in [3.05, 3.63) is 71.7 Å². The molecule has 0 N–H and O–H groups in total. The Kier molecular flexibility index (Phi) is 3.48. The van der Waals surface area contributed by atoms with Crippen LogP contribution in [0.2, 0.25) is 0 Å². The van der Waals surface area contributed by atoms with Gasteiger partial charge in [-0.3, -0.25) is 4.98 Å². The average Bonchev–Trinajstić information content (AvgIpc) is 2.53. The van der Waals surface area contributed by atoms with Gasteiger partial charge in [-0.05, 0) is 24.3 Å². The van der Waals surface area contributed by atoms with Crippen LogP contribution in [0.3, 0.4) is 0 Å². The summed E-state index contributed by atoms with van der Waals surface area (Å²) in [6, 6.07) is 15.8. The SMILES string of the molecule is N#Cc1c(F)cccc1OCc1ccnc2ccccc12. The Morgan fingerprint density at radius 1 is 1.10 bits per heavy atom. The molecule has 102 valence electrons.